The highest BCUT2D eigenvalue weighted by Gasteiger charge is 2.32. The fourth-order valence-corrected chi connectivity index (χ4v) is 3.91. The Morgan fingerprint density at radius 3 is 2.88 bits per heavy atom. The molecule has 0 unspecified atom stereocenters. The van der Waals surface area contributed by atoms with Crippen LogP contribution in [0.1, 0.15) is 31.7 Å². The summed E-state index contributed by atoms with van der Waals surface area (Å²) in [7, 11) is 1.32. The number of hydrogen-bond donors (Lipinski definition) is 0. The molecule has 0 spiro atoms. The third-order valence-electron chi connectivity index (χ3n) is 3.65. The summed E-state index contributed by atoms with van der Waals surface area (Å²) in [6, 6.07) is 5.69. The van der Waals surface area contributed by atoms with Gasteiger partial charge in [0, 0.05) is 16.6 Å². The molecule has 1 saturated heterocycles. The minimum absolute atomic E-state index is 0.110. The highest BCUT2D eigenvalue weighted by atomic mass is 79.9. The van der Waals surface area contributed by atoms with Crippen molar-refractivity contribution in [3.63, 3.8) is 0 Å². The number of amides is 1. The van der Waals surface area contributed by atoms with Gasteiger partial charge in [0.15, 0.2) is 0 Å². The van der Waals surface area contributed by atoms with Gasteiger partial charge in [-0.1, -0.05) is 53.3 Å². The van der Waals surface area contributed by atoms with E-state index in [-0.39, 0.29) is 24.8 Å². The highest BCUT2D eigenvalue weighted by molar-refractivity contribution is 9.10. The average molecular weight is 458 g/mol. The number of esters is 1. The summed E-state index contributed by atoms with van der Waals surface area (Å²) in [6.07, 6.45) is 3.90. The molecule has 0 N–H and O–H groups in total. The molecule has 1 aliphatic heterocycles. The monoisotopic (exact) mass is 457 g/mol. The fourth-order valence-electron chi connectivity index (χ4n) is 2.23. The van der Waals surface area contributed by atoms with Crippen molar-refractivity contribution in [2.45, 2.75) is 26.2 Å². The van der Waals surface area contributed by atoms with Crippen LogP contribution in [0.15, 0.2) is 27.6 Å². The van der Waals surface area contributed by atoms with Gasteiger partial charge in [-0.3, -0.25) is 14.5 Å². The number of ether oxygens (including phenoxy) is 2. The molecule has 26 heavy (non-hydrogen) atoms. The van der Waals surface area contributed by atoms with E-state index < -0.39 is 0 Å². The number of rotatable bonds is 8. The molecule has 0 aliphatic carbocycles. The van der Waals surface area contributed by atoms with Crippen molar-refractivity contribution in [2.75, 3.05) is 20.3 Å². The summed E-state index contributed by atoms with van der Waals surface area (Å²) in [5.41, 5.74) is 0.809. The largest absolute Gasteiger partial charge is 0.493 e. The molecular formula is C18H20BrNO4S2. The Balaban J connectivity index is 2.18. The van der Waals surface area contributed by atoms with Gasteiger partial charge in [-0.25, -0.2) is 0 Å². The third-order valence-corrected chi connectivity index (χ3v) is 5.53. The average Bonchev–Trinajstić information content (AvgIpc) is 2.88. The standard InChI is InChI=1S/C18H20BrNO4S2/c1-3-4-9-24-14-6-5-13(19)10-12(14)11-15-17(22)20(18(25)26-15)8-7-16(21)23-2/h5-6,10-11H,3-4,7-9H2,1-2H3/b15-11+. The lowest BCUT2D eigenvalue weighted by atomic mass is 10.2. The Bertz CT molecular complexity index is 736. The molecule has 1 aromatic rings. The van der Waals surface area contributed by atoms with Gasteiger partial charge in [-0.15, -0.1) is 0 Å². The second kappa shape index (κ2) is 10.1. The minimum atomic E-state index is -0.373. The van der Waals surface area contributed by atoms with Crippen molar-refractivity contribution in [2.24, 2.45) is 0 Å². The lowest BCUT2D eigenvalue weighted by Crippen LogP contribution is -2.30. The van der Waals surface area contributed by atoms with Crippen LogP contribution in [0.3, 0.4) is 0 Å². The Morgan fingerprint density at radius 2 is 2.19 bits per heavy atom. The molecule has 1 fully saturated rings. The van der Waals surface area contributed by atoms with Crippen LogP contribution in [0.4, 0.5) is 0 Å². The van der Waals surface area contributed by atoms with Gasteiger partial charge in [0.05, 0.1) is 25.0 Å². The summed E-state index contributed by atoms with van der Waals surface area (Å²) in [4.78, 5) is 25.9. The number of thioether (sulfide) groups is 1. The molecule has 1 aromatic carbocycles. The van der Waals surface area contributed by atoms with Crippen LogP contribution in [-0.2, 0) is 14.3 Å². The second-order valence-corrected chi connectivity index (χ2v) is 8.14. The van der Waals surface area contributed by atoms with E-state index in [1.54, 1.807) is 6.08 Å². The number of benzene rings is 1. The van der Waals surface area contributed by atoms with Crippen molar-refractivity contribution in [3.05, 3.63) is 33.1 Å². The number of carbonyl (C=O) groups excluding carboxylic acids is 2. The third kappa shape index (κ3) is 5.56. The van der Waals surface area contributed by atoms with E-state index in [2.05, 4.69) is 27.6 Å². The van der Waals surface area contributed by atoms with Crippen molar-refractivity contribution in [3.8, 4) is 5.75 Å². The lowest BCUT2D eigenvalue weighted by molar-refractivity contribution is -0.140. The second-order valence-electron chi connectivity index (χ2n) is 5.54. The van der Waals surface area contributed by atoms with Gasteiger partial charge in [0.2, 0.25) is 0 Å². The Morgan fingerprint density at radius 1 is 1.42 bits per heavy atom. The molecule has 1 aliphatic rings. The number of thiocarbonyl (C=S) groups is 1. The SMILES string of the molecule is CCCCOc1ccc(Br)cc1/C=C1/SC(=S)N(CCC(=O)OC)C1=O. The smallest absolute Gasteiger partial charge is 0.307 e. The predicted octanol–water partition coefficient (Wildman–Crippen LogP) is 4.39. The van der Waals surface area contributed by atoms with E-state index >= 15 is 0 Å². The number of methoxy groups -OCH3 is 1. The summed E-state index contributed by atoms with van der Waals surface area (Å²) in [5.74, 6) is 0.145. The number of halogens is 1. The van der Waals surface area contributed by atoms with Crippen LogP contribution in [0.25, 0.3) is 6.08 Å². The first-order valence-corrected chi connectivity index (χ1v) is 10.2. The van der Waals surface area contributed by atoms with Gasteiger partial charge in [-0.2, -0.15) is 0 Å². The van der Waals surface area contributed by atoms with Crippen molar-refractivity contribution in [1.29, 1.82) is 0 Å². The zero-order chi connectivity index (χ0) is 19.1. The number of nitrogens with zero attached hydrogens (tertiary/aromatic N) is 1. The maximum Gasteiger partial charge on any atom is 0.307 e. The van der Waals surface area contributed by atoms with Crippen molar-refractivity contribution >= 4 is 62.2 Å². The number of carbonyl (C=O) groups is 2. The molecule has 0 radical (unpaired) electrons. The number of unbranched alkanes of at least 4 members (excludes halogenated alkanes) is 1. The zero-order valence-corrected chi connectivity index (χ0v) is 17.8. The van der Waals surface area contributed by atoms with E-state index in [1.165, 1.54) is 23.8 Å². The van der Waals surface area contributed by atoms with Gasteiger partial charge >= 0.3 is 5.97 Å². The molecule has 140 valence electrons. The maximum absolute atomic E-state index is 12.6. The van der Waals surface area contributed by atoms with E-state index in [9.17, 15) is 9.59 Å². The molecule has 5 nitrogen and oxygen atoms in total. The lowest BCUT2D eigenvalue weighted by Gasteiger charge is -2.13. The molecule has 2 rings (SSSR count). The van der Waals surface area contributed by atoms with Gasteiger partial charge in [0.25, 0.3) is 5.91 Å². The van der Waals surface area contributed by atoms with Crippen LogP contribution in [-0.4, -0.2) is 41.4 Å². The van der Waals surface area contributed by atoms with Gasteiger partial charge < -0.3 is 9.47 Å². The molecule has 0 atom stereocenters. The molecule has 8 heteroatoms. The van der Waals surface area contributed by atoms with Crippen LogP contribution >= 0.6 is 39.9 Å². The predicted molar refractivity (Wildman–Crippen MR) is 111 cm³/mol. The molecule has 1 heterocycles. The van der Waals surface area contributed by atoms with E-state index in [0.29, 0.717) is 15.8 Å². The first-order chi connectivity index (χ1) is 12.5. The minimum Gasteiger partial charge on any atom is -0.493 e. The summed E-state index contributed by atoms with van der Waals surface area (Å²) < 4.78 is 11.8. The normalized spacial score (nSPS) is 15.7. The Labute approximate surface area is 171 Å². The molecular weight excluding hydrogens is 438 g/mol. The highest BCUT2D eigenvalue weighted by Crippen LogP contribution is 2.35. The first kappa shape index (κ1) is 20.9. The first-order valence-electron chi connectivity index (χ1n) is 8.20. The van der Waals surface area contributed by atoms with Gasteiger partial charge in [-0.05, 0) is 30.7 Å². The molecule has 0 bridgehead atoms. The zero-order valence-electron chi connectivity index (χ0n) is 14.6. The maximum atomic E-state index is 12.6. The van der Waals surface area contributed by atoms with Crippen LogP contribution in [0.5, 0.6) is 5.75 Å². The van der Waals surface area contributed by atoms with E-state index in [0.717, 1.165) is 28.6 Å². The number of hydrogen-bond acceptors (Lipinski definition) is 6. The van der Waals surface area contributed by atoms with Gasteiger partial charge in [0.1, 0.15) is 10.1 Å². The molecule has 1 amide bonds. The summed E-state index contributed by atoms with van der Waals surface area (Å²) in [6.45, 7) is 2.94. The Kier molecular flexibility index (Phi) is 8.12. The molecule has 0 aromatic heterocycles. The van der Waals surface area contributed by atoms with Crippen LogP contribution in [0.2, 0.25) is 0 Å². The van der Waals surface area contributed by atoms with Crippen molar-refractivity contribution < 1.29 is 19.1 Å². The van der Waals surface area contributed by atoms with Crippen LogP contribution < -0.4 is 4.74 Å². The topological polar surface area (TPSA) is 55.8 Å². The van der Waals surface area contributed by atoms with Crippen molar-refractivity contribution in [1.82, 2.24) is 4.90 Å². The summed E-state index contributed by atoms with van der Waals surface area (Å²) >= 11 is 9.95. The Hall–Kier alpha value is -1.38. The quantitative estimate of drug-likeness (QED) is 0.249. The van der Waals surface area contributed by atoms with Crippen LogP contribution in [0, 0.1) is 0 Å². The van der Waals surface area contributed by atoms with E-state index in [4.69, 9.17) is 17.0 Å². The summed E-state index contributed by atoms with van der Waals surface area (Å²) in [5, 5.41) is 0. The fraction of sp³-hybridized carbons (Fsp3) is 0.389. The van der Waals surface area contributed by atoms with E-state index in [1.807, 2.05) is 18.2 Å². The molecule has 0 saturated carbocycles.